The highest BCUT2D eigenvalue weighted by Crippen LogP contribution is 2.14. The van der Waals surface area contributed by atoms with Gasteiger partial charge in [-0.15, -0.1) is 11.3 Å². The van der Waals surface area contributed by atoms with Crippen molar-refractivity contribution in [2.24, 2.45) is 0 Å². The lowest BCUT2D eigenvalue weighted by molar-refractivity contribution is 0.0950. The van der Waals surface area contributed by atoms with Crippen molar-refractivity contribution >= 4 is 22.2 Å². The van der Waals surface area contributed by atoms with E-state index in [0.29, 0.717) is 12.1 Å². The summed E-state index contributed by atoms with van der Waals surface area (Å²) in [4.78, 5) is 16.9. The lowest BCUT2D eigenvalue weighted by atomic mass is 10.2. The second-order valence-electron chi connectivity index (χ2n) is 4.00. The monoisotopic (exact) mass is 275 g/mol. The normalized spacial score (nSPS) is 10.8. The van der Waals surface area contributed by atoms with E-state index in [0.717, 1.165) is 10.7 Å². The fraction of sp³-hybridized carbons (Fsp3) is 0.0769. The number of halogens is 1. The number of carbonyl (C=O) groups excluding carboxylic acids is 1. The van der Waals surface area contributed by atoms with Crippen LogP contribution in [0.4, 0.5) is 4.39 Å². The van der Waals surface area contributed by atoms with Crippen LogP contribution in [0.3, 0.4) is 0 Å². The number of carbonyl (C=O) groups is 1. The Kier molecular flexibility index (Phi) is 3.00. The molecule has 0 aliphatic carbocycles. The van der Waals surface area contributed by atoms with E-state index in [1.807, 2.05) is 16.0 Å². The van der Waals surface area contributed by atoms with Crippen molar-refractivity contribution < 1.29 is 9.18 Å². The Balaban J connectivity index is 1.73. The molecule has 1 amide bonds. The molecular formula is C13H10FN3OS. The van der Waals surface area contributed by atoms with Crippen molar-refractivity contribution in [3.63, 3.8) is 0 Å². The second kappa shape index (κ2) is 4.81. The molecule has 0 aliphatic rings. The van der Waals surface area contributed by atoms with E-state index in [1.165, 1.54) is 29.5 Å². The Hall–Kier alpha value is -2.21. The van der Waals surface area contributed by atoms with Gasteiger partial charge in [-0.2, -0.15) is 0 Å². The predicted octanol–water partition coefficient (Wildman–Crippen LogP) is 2.46. The molecule has 3 aromatic rings. The molecule has 19 heavy (non-hydrogen) atoms. The van der Waals surface area contributed by atoms with E-state index in [9.17, 15) is 9.18 Å². The average Bonchev–Trinajstić information content (AvgIpc) is 2.99. The van der Waals surface area contributed by atoms with Gasteiger partial charge in [0.1, 0.15) is 5.82 Å². The number of fused-ring (bicyclic) bond motifs is 1. The molecule has 1 N–H and O–H groups in total. The molecule has 0 saturated carbocycles. The Morgan fingerprint density at radius 1 is 1.47 bits per heavy atom. The molecule has 0 spiro atoms. The first kappa shape index (κ1) is 11.9. The third kappa shape index (κ3) is 2.34. The average molecular weight is 275 g/mol. The van der Waals surface area contributed by atoms with E-state index in [4.69, 9.17) is 0 Å². The van der Waals surface area contributed by atoms with Crippen molar-refractivity contribution in [2.75, 3.05) is 0 Å². The molecule has 0 fully saturated rings. The SMILES string of the molecule is O=C(NCc1csc2nccn12)c1cccc(F)c1. The van der Waals surface area contributed by atoms with Crippen molar-refractivity contribution in [3.05, 3.63) is 59.1 Å². The Bertz CT molecular complexity index is 734. The standard InChI is InChI=1S/C13H10FN3OS/c14-10-3-1-2-9(6-10)12(18)16-7-11-8-19-13-15-4-5-17(11)13/h1-6,8H,7H2,(H,16,18). The van der Waals surface area contributed by atoms with Crippen LogP contribution in [0.1, 0.15) is 16.1 Å². The van der Waals surface area contributed by atoms with E-state index in [2.05, 4.69) is 10.3 Å². The first-order valence-corrected chi connectivity index (χ1v) is 6.55. The van der Waals surface area contributed by atoms with Crippen LogP contribution in [0, 0.1) is 5.82 Å². The van der Waals surface area contributed by atoms with Gasteiger partial charge in [0.15, 0.2) is 4.96 Å². The van der Waals surface area contributed by atoms with Gasteiger partial charge in [0.05, 0.1) is 12.2 Å². The third-order valence-corrected chi connectivity index (χ3v) is 3.64. The number of hydrogen-bond donors (Lipinski definition) is 1. The lowest BCUT2D eigenvalue weighted by Gasteiger charge is -2.04. The van der Waals surface area contributed by atoms with E-state index >= 15 is 0 Å². The number of imidazole rings is 1. The van der Waals surface area contributed by atoms with Crippen LogP contribution in [0.25, 0.3) is 4.96 Å². The van der Waals surface area contributed by atoms with Gasteiger partial charge >= 0.3 is 0 Å². The summed E-state index contributed by atoms with van der Waals surface area (Å²) < 4.78 is 14.9. The maximum Gasteiger partial charge on any atom is 0.251 e. The van der Waals surface area contributed by atoms with Gasteiger partial charge < -0.3 is 5.32 Å². The van der Waals surface area contributed by atoms with E-state index in [-0.39, 0.29) is 5.91 Å². The molecule has 0 bridgehead atoms. The predicted molar refractivity (Wildman–Crippen MR) is 70.6 cm³/mol. The number of nitrogens with zero attached hydrogens (tertiary/aromatic N) is 2. The first-order valence-electron chi connectivity index (χ1n) is 5.67. The van der Waals surface area contributed by atoms with Gasteiger partial charge in [-0.3, -0.25) is 9.20 Å². The van der Waals surface area contributed by atoms with Crippen LogP contribution in [-0.4, -0.2) is 15.3 Å². The minimum Gasteiger partial charge on any atom is -0.346 e. The summed E-state index contributed by atoms with van der Waals surface area (Å²) in [5.74, 6) is -0.709. The van der Waals surface area contributed by atoms with Crippen molar-refractivity contribution in [1.82, 2.24) is 14.7 Å². The highest BCUT2D eigenvalue weighted by Gasteiger charge is 2.08. The number of rotatable bonds is 3. The topological polar surface area (TPSA) is 46.4 Å². The molecule has 0 radical (unpaired) electrons. The zero-order valence-corrected chi connectivity index (χ0v) is 10.7. The summed E-state index contributed by atoms with van der Waals surface area (Å²) >= 11 is 1.51. The van der Waals surface area contributed by atoms with Gasteiger partial charge in [0.2, 0.25) is 0 Å². The number of aromatic nitrogens is 2. The molecule has 0 unspecified atom stereocenters. The molecule has 2 aromatic heterocycles. The van der Waals surface area contributed by atoms with Crippen molar-refractivity contribution in [1.29, 1.82) is 0 Å². The zero-order valence-electron chi connectivity index (χ0n) is 9.84. The third-order valence-electron chi connectivity index (χ3n) is 2.73. The van der Waals surface area contributed by atoms with Crippen LogP contribution in [0.2, 0.25) is 0 Å². The minimum atomic E-state index is -0.416. The van der Waals surface area contributed by atoms with Crippen LogP contribution < -0.4 is 5.32 Å². The number of thiazole rings is 1. The molecule has 6 heteroatoms. The molecule has 96 valence electrons. The Morgan fingerprint density at radius 3 is 3.21 bits per heavy atom. The molecule has 4 nitrogen and oxygen atoms in total. The summed E-state index contributed by atoms with van der Waals surface area (Å²) in [7, 11) is 0. The maximum absolute atomic E-state index is 13.0. The molecule has 2 heterocycles. The molecular weight excluding hydrogens is 265 g/mol. The minimum absolute atomic E-state index is 0.293. The summed E-state index contributed by atoms with van der Waals surface area (Å²) in [6.07, 6.45) is 3.55. The molecule has 0 aliphatic heterocycles. The van der Waals surface area contributed by atoms with Crippen molar-refractivity contribution in [3.8, 4) is 0 Å². The molecule has 3 rings (SSSR count). The van der Waals surface area contributed by atoms with Gasteiger partial charge in [0, 0.05) is 23.3 Å². The molecule has 1 aromatic carbocycles. The van der Waals surface area contributed by atoms with Crippen LogP contribution in [0.15, 0.2) is 42.0 Å². The second-order valence-corrected chi connectivity index (χ2v) is 4.84. The smallest absolute Gasteiger partial charge is 0.251 e. The van der Waals surface area contributed by atoms with Crippen LogP contribution >= 0.6 is 11.3 Å². The zero-order chi connectivity index (χ0) is 13.2. The summed E-state index contributed by atoms with van der Waals surface area (Å²) in [6, 6.07) is 5.63. The van der Waals surface area contributed by atoms with E-state index in [1.54, 1.807) is 12.3 Å². The molecule has 0 atom stereocenters. The van der Waals surface area contributed by atoms with Crippen LogP contribution in [-0.2, 0) is 6.54 Å². The Morgan fingerprint density at radius 2 is 2.37 bits per heavy atom. The fourth-order valence-electron chi connectivity index (χ4n) is 1.80. The van der Waals surface area contributed by atoms with Crippen LogP contribution in [0.5, 0.6) is 0 Å². The highest BCUT2D eigenvalue weighted by molar-refractivity contribution is 7.15. The van der Waals surface area contributed by atoms with Crippen molar-refractivity contribution in [2.45, 2.75) is 6.54 Å². The summed E-state index contributed by atoms with van der Waals surface area (Å²) in [6.45, 7) is 0.381. The fourth-order valence-corrected chi connectivity index (χ4v) is 2.65. The Labute approximate surface area is 112 Å². The summed E-state index contributed by atoms with van der Waals surface area (Å²) in [5.41, 5.74) is 1.26. The number of benzene rings is 1. The lowest BCUT2D eigenvalue weighted by Crippen LogP contribution is -2.23. The highest BCUT2D eigenvalue weighted by atomic mass is 32.1. The van der Waals surface area contributed by atoms with Gasteiger partial charge in [-0.1, -0.05) is 6.07 Å². The van der Waals surface area contributed by atoms with Gasteiger partial charge in [-0.05, 0) is 18.2 Å². The number of nitrogens with one attached hydrogen (secondary N) is 1. The van der Waals surface area contributed by atoms with E-state index < -0.39 is 5.82 Å². The van der Waals surface area contributed by atoms with Gasteiger partial charge in [0.25, 0.3) is 5.91 Å². The quantitative estimate of drug-likeness (QED) is 0.798. The first-order chi connectivity index (χ1) is 9.24. The number of amides is 1. The summed E-state index contributed by atoms with van der Waals surface area (Å²) in [5, 5.41) is 4.70. The largest absolute Gasteiger partial charge is 0.346 e. The molecule has 0 saturated heterocycles. The number of hydrogen-bond acceptors (Lipinski definition) is 3. The maximum atomic E-state index is 13.0. The van der Waals surface area contributed by atoms with Gasteiger partial charge in [-0.25, -0.2) is 9.37 Å².